The molecule has 1 aromatic heterocycles. The molecule has 6 heteroatoms. The van der Waals surface area contributed by atoms with Gasteiger partial charge in [0.15, 0.2) is 0 Å². The number of aryl methyl sites for hydroxylation is 1. The average molecular weight is 340 g/mol. The van der Waals surface area contributed by atoms with E-state index in [2.05, 4.69) is 15.1 Å². The van der Waals surface area contributed by atoms with Gasteiger partial charge in [0, 0.05) is 45.8 Å². The zero-order valence-corrected chi connectivity index (χ0v) is 15.4. The molecule has 3 rings (SSSR count). The molecule has 1 aliphatic carbocycles. The molecular weight excluding hydrogens is 310 g/mol. The molecule has 23 heavy (non-hydrogen) atoms. The lowest BCUT2D eigenvalue weighted by Gasteiger charge is -2.41. The quantitative estimate of drug-likeness (QED) is 0.892. The topological polar surface area (TPSA) is 36.3 Å². The van der Waals surface area contributed by atoms with Crippen molar-refractivity contribution in [3.63, 3.8) is 0 Å². The monoisotopic (exact) mass is 339 g/mol. The van der Waals surface area contributed by atoms with Crippen molar-refractivity contribution in [2.75, 3.05) is 39.8 Å². The van der Waals surface area contributed by atoms with E-state index in [1.807, 2.05) is 25.6 Å². The van der Waals surface area contributed by atoms with Gasteiger partial charge in [-0.1, -0.05) is 24.4 Å². The fourth-order valence-electron chi connectivity index (χ4n) is 4.10. The summed E-state index contributed by atoms with van der Waals surface area (Å²) in [6, 6.07) is 1.10. The van der Waals surface area contributed by atoms with Gasteiger partial charge in [0.2, 0.25) is 0 Å². The van der Waals surface area contributed by atoms with Crippen molar-refractivity contribution in [1.82, 2.24) is 24.7 Å². The van der Waals surface area contributed by atoms with Crippen molar-refractivity contribution >= 4 is 11.6 Å². The minimum atomic E-state index is 0.262. The van der Waals surface area contributed by atoms with Crippen LogP contribution >= 0.6 is 11.6 Å². The lowest BCUT2D eigenvalue weighted by molar-refractivity contribution is 0.0691. The largest absolute Gasteiger partial charge is 0.322 e. The van der Waals surface area contributed by atoms with Crippen molar-refractivity contribution in [3.05, 3.63) is 16.7 Å². The second-order valence-corrected chi connectivity index (χ2v) is 7.34. The Morgan fingerprint density at radius 2 is 1.87 bits per heavy atom. The minimum absolute atomic E-state index is 0.262. The first-order chi connectivity index (χ1) is 11.1. The summed E-state index contributed by atoms with van der Waals surface area (Å²) in [5.41, 5.74) is 1.02. The van der Waals surface area contributed by atoms with E-state index in [9.17, 15) is 0 Å². The minimum Gasteiger partial charge on any atom is -0.322 e. The number of imidazole rings is 1. The van der Waals surface area contributed by atoms with Crippen LogP contribution in [0.3, 0.4) is 0 Å². The van der Waals surface area contributed by atoms with Crippen LogP contribution in [0, 0.1) is 6.92 Å². The van der Waals surface area contributed by atoms with Gasteiger partial charge < -0.3 is 9.88 Å². The van der Waals surface area contributed by atoms with Crippen LogP contribution in [-0.2, 0) is 7.05 Å². The highest BCUT2D eigenvalue weighted by Gasteiger charge is 2.31. The number of nitrogens with one attached hydrogen (secondary N) is 1. The highest BCUT2D eigenvalue weighted by molar-refractivity contribution is 6.30. The Hall–Kier alpha value is -0.620. The van der Waals surface area contributed by atoms with E-state index in [1.54, 1.807) is 0 Å². The van der Waals surface area contributed by atoms with Crippen molar-refractivity contribution in [2.24, 2.45) is 7.05 Å². The van der Waals surface area contributed by atoms with Gasteiger partial charge in [-0.15, -0.1) is 0 Å². The molecule has 130 valence electrons. The van der Waals surface area contributed by atoms with E-state index in [0.717, 1.165) is 42.3 Å². The van der Waals surface area contributed by atoms with Gasteiger partial charge in [-0.2, -0.15) is 0 Å². The SMILES string of the molecule is CNCC(c1nc(C)n(C)c1Cl)N1CCN(C2CCCC2)CC1. The molecule has 0 aromatic carbocycles. The van der Waals surface area contributed by atoms with Crippen LogP contribution in [0.1, 0.15) is 43.2 Å². The number of aromatic nitrogens is 2. The van der Waals surface area contributed by atoms with Crippen LogP contribution in [-0.4, -0.2) is 65.2 Å². The third-order valence-corrected chi connectivity index (χ3v) is 6.06. The Morgan fingerprint density at radius 3 is 2.39 bits per heavy atom. The number of hydrogen-bond donors (Lipinski definition) is 1. The molecule has 0 spiro atoms. The van der Waals surface area contributed by atoms with Crippen LogP contribution in [0.15, 0.2) is 0 Å². The first-order valence-corrected chi connectivity index (χ1v) is 9.31. The summed E-state index contributed by atoms with van der Waals surface area (Å²) >= 11 is 6.53. The summed E-state index contributed by atoms with van der Waals surface area (Å²) in [5, 5.41) is 4.10. The van der Waals surface area contributed by atoms with Crippen molar-refractivity contribution < 1.29 is 0 Å². The van der Waals surface area contributed by atoms with Crippen LogP contribution in [0.25, 0.3) is 0 Å². The number of piperazine rings is 1. The maximum Gasteiger partial charge on any atom is 0.133 e. The third-order valence-electron chi connectivity index (χ3n) is 5.62. The van der Waals surface area contributed by atoms with Crippen LogP contribution in [0.2, 0.25) is 5.15 Å². The molecular formula is C17H30ClN5. The predicted octanol–water partition coefficient (Wildman–Crippen LogP) is 2.20. The Bertz CT molecular complexity index is 515. The average Bonchev–Trinajstić information content (AvgIpc) is 3.18. The fourth-order valence-corrected chi connectivity index (χ4v) is 4.39. The molecule has 1 unspecified atom stereocenters. The normalized spacial score (nSPS) is 22.8. The summed E-state index contributed by atoms with van der Waals surface area (Å²) in [6.07, 6.45) is 5.61. The van der Waals surface area contributed by atoms with E-state index >= 15 is 0 Å². The molecule has 1 aliphatic heterocycles. The Morgan fingerprint density at radius 1 is 1.22 bits per heavy atom. The standard InChI is InChI=1S/C17H30ClN5/c1-13-20-16(17(18)21(13)3)15(12-19-2)23-10-8-22(9-11-23)14-6-4-5-7-14/h14-15,19H,4-12H2,1-3H3. The molecule has 1 atom stereocenters. The number of hydrogen-bond acceptors (Lipinski definition) is 4. The smallest absolute Gasteiger partial charge is 0.133 e. The first kappa shape index (κ1) is 17.2. The molecule has 2 aliphatic rings. The maximum atomic E-state index is 6.53. The van der Waals surface area contributed by atoms with Gasteiger partial charge >= 0.3 is 0 Å². The lowest BCUT2D eigenvalue weighted by atomic mass is 10.1. The molecule has 2 heterocycles. The Kier molecular flexibility index (Phi) is 5.62. The summed E-state index contributed by atoms with van der Waals surface area (Å²) in [7, 11) is 3.99. The molecule has 1 saturated carbocycles. The van der Waals surface area contributed by atoms with Gasteiger partial charge in [0.25, 0.3) is 0 Å². The van der Waals surface area contributed by atoms with Gasteiger partial charge in [-0.05, 0) is 26.8 Å². The fraction of sp³-hybridized carbons (Fsp3) is 0.824. The van der Waals surface area contributed by atoms with Crippen molar-refractivity contribution in [3.8, 4) is 0 Å². The highest BCUT2D eigenvalue weighted by Crippen LogP contribution is 2.30. The molecule has 0 radical (unpaired) electrons. The van der Waals surface area contributed by atoms with Gasteiger partial charge in [-0.25, -0.2) is 4.98 Å². The molecule has 1 saturated heterocycles. The Labute approximate surface area is 145 Å². The van der Waals surface area contributed by atoms with Crippen LogP contribution in [0.5, 0.6) is 0 Å². The number of rotatable bonds is 5. The van der Waals surface area contributed by atoms with E-state index < -0.39 is 0 Å². The third kappa shape index (κ3) is 3.58. The van der Waals surface area contributed by atoms with E-state index in [1.165, 1.54) is 38.8 Å². The van der Waals surface area contributed by atoms with E-state index in [0.29, 0.717) is 0 Å². The number of nitrogens with zero attached hydrogens (tertiary/aromatic N) is 4. The summed E-state index contributed by atoms with van der Waals surface area (Å²) < 4.78 is 1.98. The zero-order chi connectivity index (χ0) is 16.4. The van der Waals surface area contributed by atoms with Gasteiger partial charge in [-0.3, -0.25) is 9.80 Å². The van der Waals surface area contributed by atoms with Gasteiger partial charge in [0.1, 0.15) is 11.0 Å². The lowest BCUT2D eigenvalue weighted by Crippen LogP contribution is -2.51. The number of halogens is 1. The second kappa shape index (κ2) is 7.51. The molecule has 5 nitrogen and oxygen atoms in total. The number of likely N-dealkylation sites (N-methyl/N-ethyl adjacent to an activating group) is 1. The molecule has 1 aromatic rings. The van der Waals surface area contributed by atoms with Crippen molar-refractivity contribution in [1.29, 1.82) is 0 Å². The first-order valence-electron chi connectivity index (χ1n) is 8.93. The van der Waals surface area contributed by atoms with Crippen molar-refractivity contribution in [2.45, 2.75) is 44.7 Å². The molecule has 2 fully saturated rings. The van der Waals surface area contributed by atoms with Crippen LogP contribution in [0.4, 0.5) is 0 Å². The van der Waals surface area contributed by atoms with E-state index in [4.69, 9.17) is 16.6 Å². The highest BCUT2D eigenvalue weighted by atomic mass is 35.5. The summed E-state index contributed by atoms with van der Waals surface area (Å²) in [6.45, 7) is 7.47. The molecule has 0 bridgehead atoms. The molecule has 0 amide bonds. The van der Waals surface area contributed by atoms with E-state index in [-0.39, 0.29) is 6.04 Å². The predicted molar refractivity (Wildman–Crippen MR) is 95.0 cm³/mol. The maximum absolute atomic E-state index is 6.53. The summed E-state index contributed by atoms with van der Waals surface area (Å²) in [5.74, 6) is 0.982. The second-order valence-electron chi connectivity index (χ2n) is 6.98. The summed E-state index contributed by atoms with van der Waals surface area (Å²) in [4.78, 5) is 9.99. The molecule has 1 N–H and O–H groups in total. The van der Waals surface area contributed by atoms with Crippen LogP contribution < -0.4 is 5.32 Å². The van der Waals surface area contributed by atoms with Gasteiger partial charge in [0.05, 0.1) is 11.7 Å². The zero-order valence-electron chi connectivity index (χ0n) is 14.7. The Balaban J connectivity index is 1.68.